The number of nitrogens with zero attached hydrogens (tertiary/aromatic N) is 5. The van der Waals surface area contributed by atoms with Gasteiger partial charge in [0.2, 0.25) is 5.95 Å². The molecule has 2 aliphatic heterocycles. The minimum absolute atomic E-state index is 0.407. The topological polar surface area (TPSA) is 45.2 Å². The third-order valence-electron chi connectivity index (χ3n) is 5.07. The molecule has 0 N–H and O–H groups in total. The lowest BCUT2D eigenvalue weighted by Gasteiger charge is -2.40. The van der Waals surface area contributed by atoms with Gasteiger partial charge in [0.05, 0.1) is 6.54 Å². The fourth-order valence-electron chi connectivity index (χ4n) is 3.96. The van der Waals surface area contributed by atoms with Gasteiger partial charge in [-0.1, -0.05) is 0 Å². The third kappa shape index (κ3) is 3.23. The lowest BCUT2D eigenvalue weighted by atomic mass is 9.79. The Kier molecular flexibility index (Phi) is 4.03. The number of thiazole rings is 1. The van der Waals surface area contributed by atoms with Crippen LogP contribution in [0.5, 0.6) is 0 Å². The first-order valence-corrected chi connectivity index (χ1v) is 9.25. The Bertz CT molecular complexity index is 642. The fraction of sp³-hybridized carbons (Fsp3) is 0.588. The molecule has 0 aromatic carbocycles. The van der Waals surface area contributed by atoms with E-state index in [4.69, 9.17) is 0 Å². The van der Waals surface area contributed by atoms with Crippen LogP contribution >= 0.6 is 11.3 Å². The van der Waals surface area contributed by atoms with Gasteiger partial charge in [0, 0.05) is 49.0 Å². The largest absolute Gasteiger partial charge is 0.340 e. The van der Waals surface area contributed by atoms with Crippen molar-refractivity contribution >= 4 is 17.3 Å². The molecule has 23 heavy (non-hydrogen) atoms. The molecule has 6 heteroatoms. The van der Waals surface area contributed by atoms with Gasteiger partial charge in [0.15, 0.2) is 0 Å². The van der Waals surface area contributed by atoms with Crippen LogP contribution in [0.3, 0.4) is 0 Å². The first-order chi connectivity index (χ1) is 11.2. The van der Waals surface area contributed by atoms with Crippen LogP contribution in [-0.2, 0) is 6.54 Å². The lowest BCUT2D eigenvalue weighted by molar-refractivity contribution is 0.0990. The second-order valence-electron chi connectivity index (χ2n) is 6.97. The van der Waals surface area contributed by atoms with Crippen molar-refractivity contribution in [1.29, 1.82) is 0 Å². The normalized spacial score (nSPS) is 25.3. The molecule has 0 unspecified atom stereocenters. The van der Waals surface area contributed by atoms with E-state index >= 15 is 0 Å². The molecular weight excluding hydrogens is 306 g/mol. The van der Waals surface area contributed by atoms with Gasteiger partial charge in [0.25, 0.3) is 0 Å². The second kappa shape index (κ2) is 6.17. The number of likely N-dealkylation sites (tertiary alicyclic amines) is 1. The minimum Gasteiger partial charge on any atom is -0.340 e. The lowest BCUT2D eigenvalue weighted by Crippen LogP contribution is -2.44. The second-order valence-corrected chi connectivity index (χ2v) is 7.95. The van der Waals surface area contributed by atoms with E-state index in [1.807, 2.05) is 25.5 Å². The average Bonchev–Trinajstić information content (AvgIpc) is 3.19. The molecule has 1 spiro atoms. The van der Waals surface area contributed by atoms with Gasteiger partial charge in [-0.2, -0.15) is 0 Å². The maximum absolute atomic E-state index is 4.51. The molecule has 2 aromatic rings. The molecule has 4 heterocycles. The molecule has 1 atom stereocenters. The van der Waals surface area contributed by atoms with Crippen molar-refractivity contribution in [2.75, 3.05) is 31.1 Å². The van der Waals surface area contributed by atoms with Crippen LogP contribution < -0.4 is 4.90 Å². The number of piperidine rings is 1. The Morgan fingerprint density at radius 2 is 2.00 bits per heavy atom. The van der Waals surface area contributed by atoms with Crippen molar-refractivity contribution < 1.29 is 0 Å². The summed E-state index contributed by atoms with van der Waals surface area (Å²) < 4.78 is 0. The van der Waals surface area contributed by atoms with E-state index in [1.54, 1.807) is 11.3 Å². The summed E-state index contributed by atoms with van der Waals surface area (Å²) in [4.78, 5) is 18.4. The summed E-state index contributed by atoms with van der Waals surface area (Å²) in [5.74, 6) is 0.893. The van der Waals surface area contributed by atoms with Crippen LogP contribution in [0.4, 0.5) is 5.95 Å². The standard InChI is InChI=1S/C17H23N5S/c1-14-9-19-16(20-10-14)22-7-4-17(13-22)3-2-6-21(12-17)11-15-18-5-8-23-15/h5,8-10H,2-4,6-7,11-13H2,1H3/t17-/m1/s1. The number of hydrogen-bond acceptors (Lipinski definition) is 6. The first kappa shape index (κ1) is 15.0. The summed E-state index contributed by atoms with van der Waals surface area (Å²) in [7, 11) is 0. The van der Waals surface area contributed by atoms with Crippen LogP contribution in [0.2, 0.25) is 0 Å². The van der Waals surface area contributed by atoms with E-state index in [2.05, 4.69) is 30.1 Å². The highest BCUT2D eigenvalue weighted by Crippen LogP contribution is 2.40. The fourth-order valence-corrected chi connectivity index (χ4v) is 4.61. The van der Waals surface area contributed by atoms with E-state index < -0.39 is 0 Å². The highest BCUT2D eigenvalue weighted by molar-refractivity contribution is 7.09. The molecule has 2 fully saturated rings. The summed E-state index contributed by atoms with van der Waals surface area (Å²) in [6.45, 7) is 7.57. The van der Waals surface area contributed by atoms with Crippen LogP contribution in [-0.4, -0.2) is 46.0 Å². The van der Waals surface area contributed by atoms with Crippen molar-refractivity contribution in [3.05, 3.63) is 34.5 Å². The Hall–Kier alpha value is -1.53. The zero-order valence-corrected chi connectivity index (χ0v) is 14.4. The summed E-state index contributed by atoms with van der Waals surface area (Å²) in [6.07, 6.45) is 9.61. The summed E-state index contributed by atoms with van der Waals surface area (Å²) in [5.41, 5.74) is 1.53. The molecule has 122 valence electrons. The summed E-state index contributed by atoms with van der Waals surface area (Å²) in [5, 5.41) is 3.31. The third-order valence-corrected chi connectivity index (χ3v) is 5.84. The molecule has 5 nitrogen and oxygen atoms in total. The SMILES string of the molecule is Cc1cnc(N2CC[C@@]3(CCCN(Cc4nccs4)C3)C2)nc1. The van der Waals surface area contributed by atoms with Crippen molar-refractivity contribution in [2.45, 2.75) is 32.7 Å². The number of hydrogen-bond donors (Lipinski definition) is 0. The zero-order valence-electron chi connectivity index (χ0n) is 13.6. The van der Waals surface area contributed by atoms with Crippen molar-refractivity contribution in [3.8, 4) is 0 Å². The van der Waals surface area contributed by atoms with E-state index in [9.17, 15) is 0 Å². The first-order valence-electron chi connectivity index (χ1n) is 8.37. The van der Waals surface area contributed by atoms with E-state index in [0.29, 0.717) is 5.41 Å². The molecule has 4 rings (SSSR count). The Morgan fingerprint density at radius 1 is 1.13 bits per heavy atom. The molecule has 0 radical (unpaired) electrons. The van der Waals surface area contributed by atoms with Crippen molar-refractivity contribution in [1.82, 2.24) is 19.9 Å². The number of anilines is 1. The molecule has 0 amide bonds. The van der Waals surface area contributed by atoms with E-state index in [1.165, 1.54) is 37.4 Å². The Balaban J connectivity index is 1.43. The highest BCUT2D eigenvalue weighted by atomic mass is 32.1. The quantitative estimate of drug-likeness (QED) is 0.866. The van der Waals surface area contributed by atoms with Crippen molar-refractivity contribution in [2.24, 2.45) is 5.41 Å². The summed E-state index contributed by atoms with van der Waals surface area (Å²) >= 11 is 1.76. The van der Waals surface area contributed by atoms with Gasteiger partial charge in [-0.05, 0) is 38.3 Å². The van der Waals surface area contributed by atoms with Gasteiger partial charge in [-0.3, -0.25) is 4.90 Å². The maximum atomic E-state index is 4.51. The van der Waals surface area contributed by atoms with Gasteiger partial charge in [-0.25, -0.2) is 15.0 Å². The van der Waals surface area contributed by atoms with Crippen LogP contribution in [0.15, 0.2) is 24.0 Å². The van der Waals surface area contributed by atoms with Gasteiger partial charge < -0.3 is 4.90 Å². The number of aryl methyl sites for hydroxylation is 1. The van der Waals surface area contributed by atoms with Gasteiger partial charge >= 0.3 is 0 Å². The maximum Gasteiger partial charge on any atom is 0.225 e. The van der Waals surface area contributed by atoms with Crippen LogP contribution in [0, 0.1) is 12.3 Å². The van der Waals surface area contributed by atoms with Crippen LogP contribution in [0.25, 0.3) is 0 Å². The number of rotatable bonds is 3. The molecule has 0 aliphatic carbocycles. The molecule has 2 aromatic heterocycles. The molecule has 2 saturated heterocycles. The summed E-state index contributed by atoms with van der Waals surface area (Å²) in [6, 6.07) is 0. The van der Waals surface area contributed by atoms with Crippen molar-refractivity contribution in [3.63, 3.8) is 0 Å². The molecule has 2 aliphatic rings. The molecular formula is C17H23N5S. The molecule has 0 bridgehead atoms. The molecule has 0 saturated carbocycles. The van der Waals surface area contributed by atoms with E-state index in [-0.39, 0.29) is 0 Å². The van der Waals surface area contributed by atoms with Gasteiger partial charge in [0.1, 0.15) is 5.01 Å². The van der Waals surface area contributed by atoms with E-state index in [0.717, 1.165) is 31.1 Å². The zero-order chi connectivity index (χ0) is 15.7. The average molecular weight is 329 g/mol. The smallest absolute Gasteiger partial charge is 0.225 e. The predicted octanol–water partition coefficient (Wildman–Crippen LogP) is 2.73. The highest BCUT2D eigenvalue weighted by Gasteiger charge is 2.42. The Labute approximate surface area is 141 Å². The Morgan fingerprint density at radius 3 is 2.78 bits per heavy atom. The number of aromatic nitrogens is 3. The predicted molar refractivity (Wildman–Crippen MR) is 92.7 cm³/mol. The van der Waals surface area contributed by atoms with Gasteiger partial charge in [-0.15, -0.1) is 11.3 Å². The van der Waals surface area contributed by atoms with Crippen LogP contribution in [0.1, 0.15) is 29.8 Å². The monoisotopic (exact) mass is 329 g/mol. The minimum atomic E-state index is 0.407.